The van der Waals surface area contributed by atoms with Crippen LogP contribution in [0.5, 0.6) is 0 Å². The highest BCUT2D eigenvalue weighted by atomic mass is 19.2. The summed E-state index contributed by atoms with van der Waals surface area (Å²) < 4.78 is 67.6. The van der Waals surface area contributed by atoms with Gasteiger partial charge in [0.2, 0.25) is 17.7 Å². The van der Waals surface area contributed by atoms with E-state index in [0.29, 0.717) is 6.42 Å². The Bertz CT molecular complexity index is 1130. The molecule has 11 heteroatoms. The van der Waals surface area contributed by atoms with E-state index in [2.05, 4.69) is 10.6 Å². The van der Waals surface area contributed by atoms with Gasteiger partial charge < -0.3 is 15.5 Å². The van der Waals surface area contributed by atoms with Crippen LogP contribution in [0.1, 0.15) is 44.2 Å². The molecular weight excluding hydrogens is 485 g/mol. The number of nitrogens with zero attached hydrogens (tertiary/aromatic N) is 1. The minimum absolute atomic E-state index is 0.00160. The van der Waals surface area contributed by atoms with Gasteiger partial charge in [0.15, 0.2) is 29.1 Å². The summed E-state index contributed by atoms with van der Waals surface area (Å²) in [6, 6.07) is 3.61. The number of benzene rings is 2. The molecule has 2 N–H and O–H groups in total. The van der Waals surface area contributed by atoms with Gasteiger partial charge in [-0.25, -0.2) is 22.0 Å². The minimum atomic E-state index is -1.61. The van der Waals surface area contributed by atoms with Gasteiger partial charge in [0, 0.05) is 37.5 Å². The molecule has 3 amide bonds. The second-order valence-corrected chi connectivity index (χ2v) is 9.01. The quantitative estimate of drug-likeness (QED) is 0.398. The zero-order valence-corrected chi connectivity index (χ0v) is 19.7. The summed E-state index contributed by atoms with van der Waals surface area (Å²) in [5.74, 6) is -8.30. The number of hydrogen-bond donors (Lipinski definition) is 2. The van der Waals surface area contributed by atoms with E-state index in [1.54, 1.807) is 13.8 Å². The number of nitrogens with one attached hydrogen (secondary N) is 2. The SMILES string of the molecule is CC(C)C(NC(=O)C[C@@H]1CCC(=O)N1Cc1cccc(F)c1F)C(=O)NCc1cc(F)c(F)c(F)c1. The van der Waals surface area contributed by atoms with Crippen molar-refractivity contribution in [2.75, 3.05) is 0 Å². The lowest BCUT2D eigenvalue weighted by molar-refractivity contribution is -0.132. The summed E-state index contributed by atoms with van der Waals surface area (Å²) in [5.41, 5.74) is -0.0120. The van der Waals surface area contributed by atoms with E-state index in [1.165, 1.54) is 17.0 Å². The maximum Gasteiger partial charge on any atom is 0.243 e. The first-order valence-electron chi connectivity index (χ1n) is 11.4. The molecule has 3 rings (SSSR count). The molecule has 0 aromatic heterocycles. The molecule has 0 spiro atoms. The summed E-state index contributed by atoms with van der Waals surface area (Å²) in [6.45, 7) is 2.87. The molecule has 194 valence electrons. The van der Waals surface area contributed by atoms with E-state index in [4.69, 9.17) is 0 Å². The lowest BCUT2D eigenvalue weighted by Crippen LogP contribution is -2.50. The third-order valence-electron chi connectivity index (χ3n) is 6.02. The van der Waals surface area contributed by atoms with Crippen LogP contribution in [0.15, 0.2) is 30.3 Å². The molecule has 0 aliphatic carbocycles. The van der Waals surface area contributed by atoms with Gasteiger partial charge in [-0.1, -0.05) is 26.0 Å². The van der Waals surface area contributed by atoms with Crippen molar-refractivity contribution in [2.45, 2.75) is 58.3 Å². The molecule has 1 unspecified atom stereocenters. The van der Waals surface area contributed by atoms with Crippen molar-refractivity contribution in [2.24, 2.45) is 5.92 Å². The summed E-state index contributed by atoms with van der Waals surface area (Å²) >= 11 is 0. The Kier molecular flexibility index (Phi) is 8.65. The van der Waals surface area contributed by atoms with Gasteiger partial charge in [-0.2, -0.15) is 0 Å². The fraction of sp³-hybridized carbons (Fsp3) is 0.400. The topological polar surface area (TPSA) is 78.5 Å². The maximum atomic E-state index is 14.1. The zero-order chi connectivity index (χ0) is 26.6. The van der Waals surface area contributed by atoms with E-state index in [9.17, 15) is 36.3 Å². The molecular formula is C25H26F5N3O3. The highest BCUT2D eigenvalue weighted by Crippen LogP contribution is 2.25. The van der Waals surface area contributed by atoms with Crippen molar-refractivity contribution in [3.05, 3.63) is 70.5 Å². The number of likely N-dealkylation sites (tertiary alicyclic amines) is 1. The minimum Gasteiger partial charge on any atom is -0.350 e. The van der Waals surface area contributed by atoms with Crippen LogP contribution in [0.2, 0.25) is 0 Å². The average Bonchev–Trinajstić information content (AvgIpc) is 3.15. The van der Waals surface area contributed by atoms with Gasteiger partial charge in [-0.15, -0.1) is 0 Å². The molecule has 6 nitrogen and oxygen atoms in total. The second-order valence-electron chi connectivity index (χ2n) is 9.01. The fourth-order valence-electron chi connectivity index (χ4n) is 4.07. The summed E-state index contributed by atoms with van der Waals surface area (Å²) in [7, 11) is 0. The fourth-order valence-corrected chi connectivity index (χ4v) is 4.07. The molecule has 1 heterocycles. The van der Waals surface area contributed by atoms with Gasteiger partial charge in [0.1, 0.15) is 6.04 Å². The van der Waals surface area contributed by atoms with Crippen LogP contribution in [-0.4, -0.2) is 34.7 Å². The average molecular weight is 511 g/mol. The van der Waals surface area contributed by atoms with E-state index >= 15 is 0 Å². The van der Waals surface area contributed by atoms with Crippen molar-refractivity contribution in [3.8, 4) is 0 Å². The summed E-state index contributed by atoms with van der Waals surface area (Å²) in [4.78, 5) is 39.1. The number of hydrogen-bond acceptors (Lipinski definition) is 3. The Morgan fingerprint density at radius 2 is 1.69 bits per heavy atom. The van der Waals surface area contributed by atoms with Crippen molar-refractivity contribution in [1.82, 2.24) is 15.5 Å². The monoisotopic (exact) mass is 511 g/mol. The molecule has 0 bridgehead atoms. The molecule has 2 aromatic rings. The Balaban J connectivity index is 1.61. The van der Waals surface area contributed by atoms with Crippen molar-refractivity contribution < 1.29 is 36.3 Å². The van der Waals surface area contributed by atoms with Gasteiger partial charge in [-0.05, 0) is 36.1 Å². The number of carbonyl (C=O) groups is 3. The van der Waals surface area contributed by atoms with E-state index in [1.807, 2.05) is 0 Å². The predicted octanol–water partition coefficient (Wildman–Crippen LogP) is 3.72. The smallest absolute Gasteiger partial charge is 0.243 e. The molecule has 2 atom stereocenters. The summed E-state index contributed by atoms with van der Waals surface area (Å²) in [6.07, 6.45) is 0.324. The highest BCUT2D eigenvalue weighted by molar-refractivity contribution is 5.88. The van der Waals surface area contributed by atoms with Crippen LogP contribution in [0, 0.1) is 35.0 Å². The van der Waals surface area contributed by atoms with E-state index in [-0.39, 0.29) is 48.9 Å². The number of amides is 3. The third-order valence-corrected chi connectivity index (χ3v) is 6.02. The van der Waals surface area contributed by atoms with Crippen molar-refractivity contribution in [3.63, 3.8) is 0 Å². The molecule has 1 saturated heterocycles. The number of halogens is 5. The van der Waals surface area contributed by atoms with Crippen LogP contribution in [-0.2, 0) is 27.5 Å². The van der Waals surface area contributed by atoms with Crippen LogP contribution in [0.3, 0.4) is 0 Å². The zero-order valence-electron chi connectivity index (χ0n) is 19.7. The summed E-state index contributed by atoms with van der Waals surface area (Å²) in [5, 5.41) is 5.06. The van der Waals surface area contributed by atoms with Crippen LogP contribution in [0.4, 0.5) is 22.0 Å². The molecule has 1 fully saturated rings. The molecule has 0 radical (unpaired) electrons. The Morgan fingerprint density at radius 1 is 1.03 bits per heavy atom. The number of rotatable bonds is 9. The van der Waals surface area contributed by atoms with Crippen LogP contribution in [0.25, 0.3) is 0 Å². The molecule has 36 heavy (non-hydrogen) atoms. The largest absolute Gasteiger partial charge is 0.350 e. The highest BCUT2D eigenvalue weighted by Gasteiger charge is 2.34. The van der Waals surface area contributed by atoms with E-state index < -0.39 is 53.0 Å². The van der Waals surface area contributed by atoms with Gasteiger partial charge in [0.25, 0.3) is 0 Å². The molecule has 1 aliphatic rings. The molecule has 2 aromatic carbocycles. The third kappa shape index (κ3) is 6.38. The van der Waals surface area contributed by atoms with Crippen LogP contribution >= 0.6 is 0 Å². The van der Waals surface area contributed by atoms with Gasteiger partial charge in [-0.3, -0.25) is 14.4 Å². The van der Waals surface area contributed by atoms with Crippen molar-refractivity contribution in [1.29, 1.82) is 0 Å². The lowest BCUT2D eigenvalue weighted by Gasteiger charge is -2.27. The van der Waals surface area contributed by atoms with Gasteiger partial charge >= 0.3 is 0 Å². The first-order chi connectivity index (χ1) is 17.0. The standard InChI is InChI=1S/C25H26F5N3O3/c1-13(2)24(25(36)31-11-14-8-18(27)23(30)19(28)9-14)32-20(34)10-16-6-7-21(35)33(16)12-15-4-3-5-17(26)22(15)29/h3-5,8-9,13,16,24H,6-7,10-12H2,1-2H3,(H,31,36)(H,32,34)/t16-,24?/m0/s1. The number of carbonyl (C=O) groups excluding carboxylic acids is 3. The van der Waals surface area contributed by atoms with Crippen molar-refractivity contribution >= 4 is 17.7 Å². The molecule has 1 aliphatic heterocycles. The normalized spacial score (nSPS) is 16.4. The van der Waals surface area contributed by atoms with Gasteiger partial charge in [0.05, 0.1) is 0 Å². The molecule has 0 saturated carbocycles. The Hall–Kier alpha value is -3.50. The first kappa shape index (κ1) is 27.1. The first-order valence-corrected chi connectivity index (χ1v) is 11.4. The predicted molar refractivity (Wildman–Crippen MR) is 119 cm³/mol. The second kappa shape index (κ2) is 11.5. The van der Waals surface area contributed by atoms with Crippen LogP contribution < -0.4 is 10.6 Å². The maximum absolute atomic E-state index is 14.1. The Morgan fingerprint density at radius 3 is 2.33 bits per heavy atom. The van der Waals surface area contributed by atoms with E-state index in [0.717, 1.165) is 18.2 Å². The lowest BCUT2D eigenvalue weighted by atomic mass is 10.0. The Labute approximate surface area is 204 Å².